The number of unbranched alkanes of at least 4 members (excludes halogenated alkanes) is 1. The van der Waals surface area contributed by atoms with Crippen molar-refractivity contribution in [1.82, 2.24) is 4.98 Å². The van der Waals surface area contributed by atoms with E-state index in [1.807, 2.05) is 6.92 Å². The molecule has 0 spiro atoms. The molecule has 0 saturated heterocycles. The molecule has 7 heteroatoms. The lowest BCUT2D eigenvalue weighted by atomic mass is 10.1. The van der Waals surface area contributed by atoms with E-state index in [-0.39, 0.29) is 28.8 Å². The van der Waals surface area contributed by atoms with Crippen molar-refractivity contribution in [1.29, 1.82) is 0 Å². The maximum atomic E-state index is 12.1. The molecule has 2 N–H and O–H groups in total. The Morgan fingerprint density at radius 3 is 2.48 bits per heavy atom. The number of aromatic hydroxyl groups is 2. The molecule has 27 heavy (non-hydrogen) atoms. The zero-order chi connectivity index (χ0) is 19.4. The summed E-state index contributed by atoms with van der Waals surface area (Å²) in [4.78, 5) is 15.9. The van der Waals surface area contributed by atoms with Crippen LogP contribution < -0.4 is 4.74 Å². The summed E-state index contributed by atoms with van der Waals surface area (Å²) in [7, 11) is 0. The Morgan fingerprint density at radius 1 is 1.07 bits per heavy atom. The van der Waals surface area contributed by atoms with E-state index in [0.717, 1.165) is 6.42 Å². The van der Waals surface area contributed by atoms with Gasteiger partial charge in [0.25, 0.3) is 0 Å². The molecule has 0 atom stereocenters. The zero-order valence-electron chi connectivity index (χ0n) is 14.6. The van der Waals surface area contributed by atoms with Crippen LogP contribution >= 0.6 is 11.6 Å². The molecule has 6 nitrogen and oxygen atoms in total. The Kier molecular flexibility index (Phi) is 5.66. The van der Waals surface area contributed by atoms with Crippen LogP contribution in [-0.2, 0) is 4.74 Å². The Labute approximate surface area is 160 Å². The molecule has 0 aliphatic carbocycles. The Hall–Kier alpha value is -2.99. The number of carbonyl (C=O) groups is 1. The molecule has 0 fully saturated rings. The quantitative estimate of drug-likeness (QED) is 0.454. The van der Waals surface area contributed by atoms with Gasteiger partial charge in [-0.05, 0) is 48.9 Å². The monoisotopic (exact) mass is 387 g/mol. The van der Waals surface area contributed by atoms with E-state index in [2.05, 4.69) is 4.98 Å². The van der Waals surface area contributed by atoms with Crippen molar-refractivity contribution in [3.63, 3.8) is 0 Å². The minimum Gasteiger partial charge on any atom is -0.505 e. The number of rotatable bonds is 6. The topological polar surface area (TPSA) is 88.9 Å². The summed E-state index contributed by atoms with van der Waals surface area (Å²) in [6, 6.07) is 11.5. The summed E-state index contributed by atoms with van der Waals surface area (Å²) >= 11 is 5.85. The lowest BCUT2D eigenvalue weighted by Gasteiger charge is -2.11. The number of hydrogen-bond acceptors (Lipinski definition) is 6. The molecule has 0 bridgehead atoms. The maximum Gasteiger partial charge on any atom is 0.360 e. The van der Waals surface area contributed by atoms with Gasteiger partial charge >= 0.3 is 5.97 Å². The third kappa shape index (κ3) is 4.23. The van der Waals surface area contributed by atoms with E-state index in [4.69, 9.17) is 21.1 Å². The average molecular weight is 388 g/mol. The van der Waals surface area contributed by atoms with E-state index in [1.54, 1.807) is 36.4 Å². The second kappa shape index (κ2) is 8.14. The lowest BCUT2D eigenvalue weighted by molar-refractivity contribution is 0.0488. The standard InChI is InChI=1S/C20H18ClNO5/c1-2-3-10-26-20(25)17-18(23)15-9-8-14(11-16(15)19(24)22-17)27-13-6-4-12(21)5-7-13/h4-9,11,23H,2-3,10H2,1H3,(H,22,24). The minimum atomic E-state index is -0.778. The predicted molar refractivity (Wildman–Crippen MR) is 102 cm³/mol. The summed E-state index contributed by atoms with van der Waals surface area (Å²) in [5, 5.41) is 21.7. The van der Waals surface area contributed by atoms with Crippen LogP contribution in [0.5, 0.6) is 23.1 Å². The molecule has 140 valence electrons. The second-order valence-electron chi connectivity index (χ2n) is 5.89. The van der Waals surface area contributed by atoms with Gasteiger partial charge in [-0.1, -0.05) is 24.9 Å². The van der Waals surface area contributed by atoms with Gasteiger partial charge in [0, 0.05) is 10.4 Å². The highest BCUT2D eigenvalue weighted by atomic mass is 35.5. The first kappa shape index (κ1) is 18.8. The van der Waals surface area contributed by atoms with Gasteiger partial charge in [0.2, 0.25) is 5.88 Å². The van der Waals surface area contributed by atoms with Crippen molar-refractivity contribution in [2.45, 2.75) is 19.8 Å². The normalized spacial score (nSPS) is 10.7. The van der Waals surface area contributed by atoms with E-state index in [1.165, 1.54) is 6.07 Å². The highest BCUT2D eigenvalue weighted by Crippen LogP contribution is 2.36. The highest BCUT2D eigenvalue weighted by molar-refractivity contribution is 6.30. The number of aromatic nitrogens is 1. The van der Waals surface area contributed by atoms with E-state index in [9.17, 15) is 15.0 Å². The second-order valence-corrected chi connectivity index (χ2v) is 6.32. The zero-order valence-corrected chi connectivity index (χ0v) is 15.4. The average Bonchev–Trinajstić information content (AvgIpc) is 2.66. The molecule has 2 aromatic carbocycles. The molecule has 1 heterocycles. The predicted octanol–water partition coefficient (Wildman–Crippen LogP) is 5.05. The van der Waals surface area contributed by atoms with Crippen molar-refractivity contribution in [2.24, 2.45) is 0 Å². The number of carbonyl (C=O) groups excluding carboxylic acids is 1. The Bertz CT molecular complexity index is 972. The van der Waals surface area contributed by atoms with Crippen LogP contribution in [-0.4, -0.2) is 27.8 Å². The largest absolute Gasteiger partial charge is 0.505 e. The maximum absolute atomic E-state index is 12.1. The first-order chi connectivity index (χ1) is 13.0. The van der Waals surface area contributed by atoms with Gasteiger partial charge in [-0.2, -0.15) is 0 Å². The minimum absolute atomic E-state index is 0.225. The Morgan fingerprint density at radius 2 is 1.78 bits per heavy atom. The molecule has 0 aliphatic rings. The van der Waals surface area contributed by atoms with Crippen molar-refractivity contribution in [2.75, 3.05) is 6.61 Å². The number of hydrogen-bond donors (Lipinski definition) is 2. The number of benzene rings is 2. The summed E-state index contributed by atoms with van der Waals surface area (Å²) in [5.74, 6) is -0.528. The van der Waals surface area contributed by atoms with Crippen molar-refractivity contribution >= 4 is 28.3 Å². The van der Waals surface area contributed by atoms with Gasteiger partial charge in [-0.3, -0.25) is 0 Å². The van der Waals surface area contributed by atoms with E-state index >= 15 is 0 Å². The molecule has 0 radical (unpaired) electrons. The lowest BCUT2D eigenvalue weighted by Crippen LogP contribution is -2.09. The van der Waals surface area contributed by atoms with Crippen LogP contribution in [0, 0.1) is 0 Å². The number of ether oxygens (including phenoxy) is 2. The molecular weight excluding hydrogens is 370 g/mol. The van der Waals surface area contributed by atoms with Gasteiger partial charge in [0.05, 0.1) is 12.0 Å². The smallest absolute Gasteiger partial charge is 0.360 e. The number of pyridine rings is 1. The van der Waals surface area contributed by atoms with Gasteiger partial charge in [-0.25, -0.2) is 9.78 Å². The van der Waals surface area contributed by atoms with Crippen molar-refractivity contribution in [3.05, 3.63) is 53.2 Å². The van der Waals surface area contributed by atoms with Crippen LogP contribution in [0.3, 0.4) is 0 Å². The summed E-state index contributed by atoms with van der Waals surface area (Å²) in [5.41, 5.74) is -0.317. The molecule has 0 amide bonds. The molecule has 0 aliphatic heterocycles. The molecule has 0 unspecified atom stereocenters. The van der Waals surface area contributed by atoms with Crippen LogP contribution in [0.15, 0.2) is 42.5 Å². The molecule has 0 saturated carbocycles. The van der Waals surface area contributed by atoms with E-state index in [0.29, 0.717) is 22.9 Å². The van der Waals surface area contributed by atoms with Gasteiger partial charge in [-0.15, -0.1) is 0 Å². The number of fused-ring (bicyclic) bond motifs is 1. The van der Waals surface area contributed by atoms with Crippen LogP contribution in [0.25, 0.3) is 10.8 Å². The van der Waals surface area contributed by atoms with Crippen molar-refractivity contribution in [3.8, 4) is 23.1 Å². The van der Waals surface area contributed by atoms with Crippen LogP contribution in [0.2, 0.25) is 5.02 Å². The summed E-state index contributed by atoms with van der Waals surface area (Å²) in [6.45, 7) is 2.19. The number of halogens is 1. The van der Waals surface area contributed by atoms with Crippen LogP contribution in [0.1, 0.15) is 30.3 Å². The molecule has 3 aromatic rings. The van der Waals surface area contributed by atoms with Crippen LogP contribution in [0.4, 0.5) is 0 Å². The molecular formula is C20H18ClNO5. The van der Waals surface area contributed by atoms with Gasteiger partial charge in [0.15, 0.2) is 11.4 Å². The van der Waals surface area contributed by atoms with Gasteiger partial charge in [0.1, 0.15) is 11.5 Å². The SMILES string of the molecule is CCCCOC(=O)c1nc(O)c2cc(Oc3ccc(Cl)cc3)ccc2c1O. The fraction of sp³-hybridized carbons (Fsp3) is 0.200. The fourth-order valence-electron chi connectivity index (χ4n) is 2.48. The fourth-order valence-corrected chi connectivity index (χ4v) is 2.61. The molecule has 1 aromatic heterocycles. The third-order valence-corrected chi connectivity index (χ3v) is 4.15. The molecule has 3 rings (SSSR count). The first-order valence-corrected chi connectivity index (χ1v) is 8.83. The summed E-state index contributed by atoms with van der Waals surface area (Å²) in [6.07, 6.45) is 1.57. The number of nitrogens with zero attached hydrogens (tertiary/aromatic N) is 1. The third-order valence-electron chi connectivity index (χ3n) is 3.90. The summed E-state index contributed by atoms with van der Waals surface area (Å²) < 4.78 is 10.8. The highest BCUT2D eigenvalue weighted by Gasteiger charge is 2.20. The Balaban J connectivity index is 1.91. The first-order valence-electron chi connectivity index (χ1n) is 8.46. The van der Waals surface area contributed by atoms with Crippen molar-refractivity contribution < 1.29 is 24.5 Å². The van der Waals surface area contributed by atoms with E-state index < -0.39 is 11.8 Å². The number of esters is 1. The van der Waals surface area contributed by atoms with Gasteiger partial charge < -0.3 is 19.7 Å².